The van der Waals surface area contributed by atoms with Gasteiger partial charge in [0.05, 0.1) is 32.0 Å². The zero-order valence-electron chi connectivity index (χ0n) is 34.3. The molecule has 13 heteroatoms. The van der Waals surface area contributed by atoms with E-state index in [4.69, 9.17) is 19.1 Å². The Morgan fingerprint density at radius 3 is 1.82 bits per heavy atom. The van der Waals surface area contributed by atoms with Gasteiger partial charge in [-0.25, -0.2) is 4.57 Å². The third-order valence-electron chi connectivity index (χ3n) is 8.93. The van der Waals surface area contributed by atoms with Crippen LogP contribution in [0.15, 0.2) is 36.5 Å². The number of hydrogen-bond acceptors (Lipinski definition) is 11. The average Bonchev–Trinajstić information content (AvgIpc) is 3.15. The molecule has 3 unspecified atom stereocenters. The normalized spacial score (nSPS) is 15.5. The average molecular weight is 805 g/mol. The lowest BCUT2D eigenvalue weighted by Gasteiger charge is -2.20. The van der Waals surface area contributed by atoms with Crippen molar-refractivity contribution in [3.8, 4) is 0 Å². The number of aliphatic hydroxyl groups excluding tert-OH is 4. The van der Waals surface area contributed by atoms with E-state index in [1.54, 1.807) is 0 Å². The van der Waals surface area contributed by atoms with Gasteiger partial charge in [-0.15, -0.1) is 0 Å². The van der Waals surface area contributed by atoms with Crippen LogP contribution in [0.2, 0.25) is 0 Å². The largest absolute Gasteiger partial charge is 0.472 e. The highest BCUT2D eigenvalue weighted by atomic mass is 31.2. The van der Waals surface area contributed by atoms with E-state index in [0.29, 0.717) is 6.42 Å². The number of phosphoric acid groups is 1. The van der Waals surface area contributed by atoms with Gasteiger partial charge >= 0.3 is 19.8 Å². The van der Waals surface area contributed by atoms with E-state index < -0.39 is 70.6 Å². The van der Waals surface area contributed by atoms with Gasteiger partial charge in [0.25, 0.3) is 0 Å². The first-order chi connectivity index (χ1) is 26.4. The molecule has 0 aromatic carbocycles. The number of rotatable bonds is 38. The minimum Gasteiger partial charge on any atom is -0.462 e. The van der Waals surface area contributed by atoms with Gasteiger partial charge in [0.1, 0.15) is 12.7 Å². The lowest BCUT2D eigenvalue weighted by atomic mass is 10.0. The van der Waals surface area contributed by atoms with Crippen LogP contribution >= 0.6 is 7.82 Å². The molecule has 0 spiro atoms. The first kappa shape index (κ1) is 53.1. The highest BCUT2D eigenvalue weighted by Crippen LogP contribution is 2.43. The zero-order chi connectivity index (χ0) is 41.0. The third-order valence-corrected chi connectivity index (χ3v) is 9.88. The molecule has 0 saturated heterocycles. The first-order valence-corrected chi connectivity index (χ1v) is 22.5. The maximum Gasteiger partial charge on any atom is 0.472 e. The number of phosphoric ester groups is 1. The van der Waals surface area contributed by atoms with Gasteiger partial charge in [0, 0.05) is 12.8 Å². The minimum absolute atomic E-state index is 0.0717. The van der Waals surface area contributed by atoms with Crippen molar-refractivity contribution in [3.05, 3.63) is 36.5 Å². The number of unbranched alkanes of at least 4 members (excludes halogenated alkanes) is 12. The van der Waals surface area contributed by atoms with Gasteiger partial charge in [-0.3, -0.25) is 18.6 Å². The Bertz CT molecular complexity index is 1060. The van der Waals surface area contributed by atoms with Gasteiger partial charge < -0.3 is 34.8 Å². The molecule has 0 aliphatic carbocycles. The topological polar surface area (TPSA) is 189 Å². The zero-order valence-corrected chi connectivity index (χ0v) is 35.2. The number of ether oxygens (including phenoxy) is 2. The van der Waals surface area contributed by atoms with Crippen LogP contribution in [0.3, 0.4) is 0 Å². The van der Waals surface area contributed by atoms with E-state index >= 15 is 0 Å². The predicted octanol–water partition coefficient (Wildman–Crippen LogP) is 8.58. The fourth-order valence-electron chi connectivity index (χ4n) is 5.52. The lowest BCUT2D eigenvalue weighted by Crippen LogP contribution is -2.30. The van der Waals surface area contributed by atoms with Crippen LogP contribution in [0.5, 0.6) is 0 Å². The van der Waals surface area contributed by atoms with E-state index in [1.807, 2.05) is 12.2 Å². The Balaban J connectivity index is 4.56. The standard InChI is InChI=1S/C42H77O12P/c1-4-5-6-7-8-9-10-11-15-18-21-24-28-39(45)40(46)29-26-31-41(47)51-34-38(35-53-55(49,50)52-33-37(44)32-43)54-42(48)30-25-22-19-16-13-12-14-17-20-23-27-36(2)3/h8-9,11,15,21,24,36-40,43-46H,4-7,10,12-14,16-20,22-23,25-35H2,1-3H3,(H,49,50)/b9-8-,15-11-,24-21-/t37-,38+,39?,40?/m0/s1. The number of hydrogen-bond donors (Lipinski definition) is 5. The summed E-state index contributed by atoms with van der Waals surface area (Å²) in [4.78, 5) is 35.0. The van der Waals surface area contributed by atoms with Crippen molar-refractivity contribution in [3.63, 3.8) is 0 Å². The molecule has 5 atom stereocenters. The van der Waals surface area contributed by atoms with E-state index in [-0.39, 0.29) is 32.1 Å². The molecule has 0 aromatic heterocycles. The molecule has 0 amide bonds. The van der Waals surface area contributed by atoms with Crippen LogP contribution in [0, 0.1) is 5.92 Å². The lowest BCUT2D eigenvalue weighted by molar-refractivity contribution is -0.161. The summed E-state index contributed by atoms with van der Waals surface area (Å²) < 4.78 is 32.5. The van der Waals surface area contributed by atoms with Crippen molar-refractivity contribution in [2.45, 2.75) is 186 Å². The fourth-order valence-corrected chi connectivity index (χ4v) is 6.31. The molecule has 0 heterocycles. The van der Waals surface area contributed by atoms with Crippen LogP contribution in [-0.4, -0.2) is 88.1 Å². The van der Waals surface area contributed by atoms with Gasteiger partial charge in [0.15, 0.2) is 6.10 Å². The van der Waals surface area contributed by atoms with Gasteiger partial charge in [-0.1, -0.05) is 134 Å². The van der Waals surface area contributed by atoms with Gasteiger partial charge in [-0.2, -0.15) is 0 Å². The molecule has 0 radical (unpaired) electrons. The molecule has 12 nitrogen and oxygen atoms in total. The van der Waals surface area contributed by atoms with Gasteiger partial charge in [-0.05, 0) is 57.3 Å². The molecular weight excluding hydrogens is 727 g/mol. The highest BCUT2D eigenvalue weighted by molar-refractivity contribution is 7.47. The fraction of sp³-hybridized carbons (Fsp3) is 0.810. The number of aliphatic hydroxyl groups is 4. The summed E-state index contributed by atoms with van der Waals surface area (Å²) in [6.45, 7) is 4.30. The summed E-state index contributed by atoms with van der Waals surface area (Å²) in [6.07, 6.45) is 27.3. The van der Waals surface area contributed by atoms with E-state index in [0.717, 1.165) is 44.4 Å². The van der Waals surface area contributed by atoms with Crippen molar-refractivity contribution in [2.24, 2.45) is 5.92 Å². The number of esters is 2. The maximum atomic E-state index is 12.6. The summed E-state index contributed by atoms with van der Waals surface area (Å²) in [5.74, 6) is -0.442. The Morgan fingerprint density at radius 1 is 0.636 bits per heavy atom. The van der Waals surface area contributed by atoms with E-state index in [9.17, 15) is 34.4 Å². The molecule has 0 aromatic rings. The van der Waals surface area contributed by atoms with Crippen molar-refractivity contribution in [2.75, 3.05) is 26.4 Å². The second-order valence-electron chi connectivity index (χ2n) is 14.8. The van der Waals surface area contributed by atoms with Crippen LogP contribution in [0.4, 0.5) is 0 Å². The Morgan fingerprint density at radius 2 is 1.20 bits per heavy atom. The second kappa shape index (κ2) is 36.5. The summed E-state index contributed by atoms with van der Waals surface area (Å²) in [5, 5.41) is 38.9. The Hall–Kier alpha value is -1.89. The molecule has 322 valence electrons. The predicted molar refractivity (Wildman–Crippen MR) is 217 cm³/mol. The summed E-state index contributed by atoms with van der Waals surface area (Å²) in [6, 6.07) is 0. The van der Waals surface area contributed by atoms with Crippen LogP contribution in [-0.2, 0) is 32.7 Å². The quantitative estimate of drug-likeness (QED) is 0.0173. The number of carbonyl (C=O) groups is 2. The summed E-state index contributed by atoms with van der Waals surface area (Å²) >= 11 is 0. The summed E-state index contributed by atoms with van der Waals surface area (Å²) in [7, 11) is -4.68. The number of carbonyl (C=O) groups excluding carboxylic acids is 2. The molecule has 0 rings (SSSR count). The van der Waals surface area contributed by atoms with Gasteiger partial charge in [0.2, 0.25) is 0 Å². The maximum absolute atomic E-state index is 12.6. The van der Waals surface area contributed by atoms with Crippen molar-refractivity contribution in [1.82, 2.24) is 0 Å². The molecule has 0 aliphatic rings. The molecule has 0 bridgehead atoms. The molecule has 5 N–H and O–H groups in total. The number of allylic oxidation sites excluding steroid dienone is 5. The van der Waals surface area contributed by atoms with Crippen LogP contribution in [0.25, 0.3) is 0 Å². The smallest absolute Gasteiger partial charge is 0.462 e. The SMILES string of the molecule is CCCCC/C=C\C/C=C\C/C=C\CC(O)C(O)CCCC(=O)OC[C@H](COP(=O)(O)OC[C@@H](O)CO)OC(=O)CCCCCCCCCCCCC(C)C. The molecule has 0 fully saturated rings. The summed E-state index contributed by atoms with van der Waals surface area (Å²) in [5.41, 5.74) is 0. The second-order valence-corrected chi connectivity index (χ2v) is 16.3. The molecule has 55 heavy (non-hydrogen) atoms. The Kier molecular flexibility index (Phi) is 35.2. The van der Waals surface area contributed by atoms with Crippen molar-refractivity contribution >= 4 is 19.8 Å². The van der Waals surface area contributed by atoms with Crippen LogP contribution < -0.4 is 0 Å². The van der Waals surface area contributed by atoms with E-state index in [1.165, 1.54) is 64.2 Å². The highest BCUT2D eigenvalue weighted by Gasteiger charge is 2.27. The third kappa shape index (κ3) is 36.2. The van der Waals surface area contributed by atoms with E-state index in [2.05, 4.69) is 49.6 Å². The Labute approximate surface area is 332 Å². The van der Waals surface area contributed by atoms with Crippen molar-refractivity contribution < 1.29 is 58.0 Å². The molecule has 0 aliphatic heterocycles. The first-order valence-electron chi connectivity index (χ1n) is 21.0. The van der Waals surface area contributed by atoms with Crippen LogP contribution in [0.1, 0.15) is 162 Å². The van der Waals surface area contributed by atoms with Crippen molar-refractivity contribution in [1.29, 1.82) is 0 Å². The monoisotopic (exact) mass is 805 g/mol. The molecule has 0 saturated carbocycles. The minimum atomic E-state index is -4.68. The molecular formula is C42H77O12P.